The maximum absolute atomic E-state index is 14.2. The Labute approximate surface area is 214 Å². The number of nitrogens with one attached hydrogen (secondary N) is 3. The maximum atomic E-state index is 14.2. The Bertz CT molecular complexity index is 1450. The van der Waals surface area contributed by atoms with E-state index in [9.17, 15) is 8.78 Å². The predicted molar refractivity (Wildman–Crippen MR) is 141 cm³/mol. The standard InChI is InChI=1S/C28H29F2N7/c1-28(2)15-31-10-9-22(28)35-27-24-18(16-6-7-16)13-32-14-21(24)34-26(37-27)17-8-11-33-23(12-17)36-25-19(29)4-3-5-20(25)30/h3-5,8,11-14,16,22,31H,6-7,9-10,15H2,1-2H3,(H,33,36)(H,34,35,37)/t22-/m0/s1. The highest BCUT2D eigenvalue weighted by atomic mass is 19.1. The second-order valence-electron chi connectivity index (χ2n) is 10.6. The Kier molecular flexibility index (Phi) is 5.95. The van der Waals surface area contributed by atoms with E-state index < -0.39 is 11.6 Å². The fourth-order valence-electron chi connectivity index (χ4n) is 5.03. The van der Waals surface area contributed by atoms with Crippen LogP contribution in [0.1, 0.15) is 44.6 Å². The van der Waals surface area contributed by atoms with E-state index in [0.717, 1.165) is 49.1 Å². The highest BCUT2D eigenvalue weighted by molar-refractivity contribution is 5.93. The minimum absolute atomic E-state index is 0.0417. The van der Waals surface area contributed by atoms with Gasteiger partial charge in [0.2, 0.25) is 0 Å². The molecule has 7 nitrogen and oxygen atoms in total. The van der Waals surface area contributed by atoms with Gasteiger partial charge in [0.15, 0.2) is 5.82 Å². The minimum atomic E-state index is -0.691. The molecule has 1 aromatic carbocycles. The molecule has 0 radical (unpaired) electrons. The lowest BCUT2D eigenvalue weighted by Crippen LogP contribution is -2.49. The molecule has 1 aliphatic carbocycles. The molecule has 0 spiro atoms. The summed E-state index contributed by atoms with van der Waals surface area (Å²) in [5.74, 6) is 0.697. The third-order valence-electron chi connectivity index (χ3n) is 7.33. The van der Waals surface area contributed by atoms with Crippen LogP contribution < -0.4 is 16.0 Å². The molecule has 4 heterocycles. The smallest absolute Gasteiger partial charge is 0.162 e. The first-order valence-electron chi connectivity index (χ1n) is 12.7. The van der Waals surface area contributed by atoms with Crippen molar-refractivity contribution in [3.8, 4) is 11.4 Å². The molecule has 1 saturated heterocycles. The van der Waals surface area contributed by atoms with E-state index in [1.54, 1.807) is 24.5 Å². The van der Waals surface area contributed by atoms with Gasteiger partial charge in [0.1, 0.15) is 29.0 Å². The highest BCUT2D eigenvalue weighted by Gasteiger charge is 2.34. The number of para-hydroxylation sites is 1. The lowest BCUT2D eigenvalue weighted by molar-refractivity contribution is 0.236. The number of benzene rings is 1. The minimum Gasteiger partial charge on any atom is -0.366 e. The molecule has 3 N–H and O–H groups in total. The molecule has 2 aliphatic rings. The summed E-state index contributed by atoms with van der Waals surface area (Å²) >= 11 is 0. The molecule has 1 aliphatic heterocycles. The van der Waals surface area contributed by atoms with Crippen molar-refractivity contribution in [3.63, 3.8) is 0 Å². The lowest BCUT2D eigenvalue weighted by Gasteiger charge is -2.40. The van der Waals surface area contributed by atoms with Crippen LogP contribution in [0.4, 0.5) is 26.1 Å². The fourth-order valence-corrected chi connectivity index (χ4v) is 5.03. The van der Waals surface area contributed by atoms with Gasteiger partial charge in [-0.2, -0.15) is 0 Å². The van der Waals surface area contributed by atoms with Crippen molar-refractivity contribution in [1.82, 2.24) is 25.3 Å². The number of nitrogens with zero attached hydrogens (tertiary/aromatic N) is 4. The number of pyridine rings is 2. The van der Waals surface area contributed by atoms with Crippen molar-refractivity contribution in [2.45, 2.75) is 45.1 Å². The summed E-state index contributed by atoms with van der Waals surface area (Å²) < 4.78 is 28.4. The van der Waals surface area contributed by atoms with Crippen LogP contribution in [-0.2, 0) is 0 Å². The van der Waals surface area contributed by atoms with Crippen LogP contribution in [0.25, 0.3) is 22.3 Å². The maximum Gasteiger partial charge on any atom is 0.162 e. The van der Waals surface area contributed by atoms with Crippen LogP contribution >= 0.6 is 0 Å². The molecule has 0 bridgehead atoms. The molecule has 1 atom stereocenters. The molecule has 190 valence electrons. The van der Waals surface area contributed by atoms with Crippen LogP contribution in [0.2, 0.25) is 0 Å². The fraction of sp³-hybridized carbons (Fsp3) is 0.357. The monoisotopic (exact) mass is 501 g/mol. The van der Waals surface area contributed by atoms with Crippen molar-refractivity contribution in [2.75, 3.05) is 23.7 Å². The third kappa shape index (κ3) is 4.71. The number of halogens is 2. The van der Waals surface area contributed by atoms with Crippen LogP contribution in [0.3, 0.4) is 0 Å². The quantitative estimate of drug-likeness (QED) is 0.308. The molecule has 37 heavy (non-hydrogen) atoms. The zero-order valence-corrected chi connectivity index (χ0v) is 20.9. The Morgan fingerprint density at radius 1 is 1.03 bits per heavy atom. The van der Waals surface area contributed by atoms with Gasteiger partial charge >= 0.3 is 0 Å². The van der Waals surface area contributed by atoms with Gasteiger partial charge in [-0.15, -0.1) is 0 Å². The number of hydrogen-bond donors (Lipinski definition) is 3. The average Bonchev–Trinajstić information content (AvgIpc) is 3.73. The van der Waals surface area contributed by atoms with Gasteiger partial charge in [-0.1, -0.05) is 19.9 Å². The van der Waals surface area contributed by atoms with Crippen LogP contribution in [-0.4, -0.2) is 39.1 Å². The first-order chi connectivity index (χ1) is 17.9. The molecule has 1 saturated carbocycles. The van der Waals surface area contributed by atoms with Crippen LogP contribution in [0, 0.1) is 17.0 Å². The summed E-state index contributed by atoms with van der Waals surface area (Å²) in [6, 6.07) is 7.45. The predicted octanol–water partition coefficient (Wildman–Crippen LogP) is 5.79. The van der Waals surface area contributed by atoms with Gasteiger partial charge in [0.05, 0.1) is 11.7 Å². The van der Waals surface area contributed by atoms with Crippen molar-refractivity contribution in [3.05, 3.63) is 66.1 Å². The molecule has 2 fully saturated rings. The Balaban J connectivity index is 1.42. The first-order valence-corrected chi connectivity index (χ1v) is 12.7. The molecule has 3 aromatic heterocycles. The van der Waals surface area contributed by atoms with E-state index in [-0.39, 0.29) is 17.1 Å². The van der Waals surface area contributed by atoms with Gasteiger partial charge in [-0.25, -0.2) is 23.7 Å². The first kappa shape index (κ1) is 23.7. The molecule has 9 heteroatoms. The third-order valence-corrected chi connectivity index (χ3v) is 7.33. The van der Waals surface area contributed by atoms with Crippen molar-refractivity contribution in [1.29, 1.82) is 0 Å². The van der Waals surface area contributed by atoms with E-state index in [2.05, 4.69) is 39.8 Å². The Hall–Kier alpha value is -3.72. The van der Waals surface area contributed by atoms with E-state index in [4.69, 9.17) is 9.97 Å². The molecule has 0 unspecified atom stereocenters. The van der Waals surface area contributed by atoms with Crippen molar-refractivity contribution in [2.24, 2.45) is 5.41 Å². The van der Waals surface area contributed by atoms with Crippen molar-refractivity contribution < 1.29 is 8.78 Å². The highest BCUT2D eigenvalue weighted by Crippen LogP contribution is 2.44. The van der Waals surface area contributed by atoms with Gasteiger partial charge in [0.25, 0.3) is 0 Å². The SMILES string of the molecule is CC1(C)CNCC[C@@H]1Nc1nc(-c2ccnc(Nc3c(F)cccc3F)c2)nc2cncc(C3CC3)c12. The number of hydrogen-bond acceptors (Lipinski definition) is 7. The van der Waals surface area contributed by atoms with E-state index in [1.165, 1.54) is 23.8 Å². The number of piperidine rings is 1. The van der Waals surface area contributed by atoms with E-state index >= 15 is 0 Å². The molecular formula is C28H29F2N7. The molecule has 4 aromatic rings. The van der Waals surface area contributed by atoms with Gasteiger partial charge in [0, 0.05) is 35.9 Å². The summed E-state index contributed by atoms with van der Waals surface area (Å²) in [4.78, 5) is 18.6. The Morgan fingerprint density at radius 3 is 2.59 bits per heavy atom. The topological polar surface area (TPSA) is 87.7 Å². The number of rotatable bonds is 6. The van der Waals surface area contributed by atoms with Gasteiger partial charge in [-0.3, -0.25) is 4.98 Å². The second kappa shape index (κ2) is 9.30. The van der Waals surface area contributed by atoms with Gasteiger partial charge < -0.3 is 16.0 Å². The zero-order chi connectivity index (χ0) is 25.6. The summed E-state index contributed by atoms with van der Waals surface area (Å²) in [6.07, 6.45) is 8.57. The summed E-state index contributed by atoms with van der Waals surface area (Å²) in [7, 11) is 0. The lowest BCUT2D eigenvalue weighted by atomic mass is 9.80. The average molecular weight is 502 g/mol. The number of fused-ring (bicyclic) bond motifs is 1. The largest absolute Gasteiger partial charge is 0.366 e. The van der Waals surface area contributed by atoms with E-state index in [0.29, 0.717) is 23.1 Å². The second-order valence-corrected chi connectivity index (χ2v) is 10.6. The molecule has 0 amide bonds. The van der Waals surface area contributed by atoms with Gasteiger partial charge in [-0.05, 0) is 67.0 Å². The summed E-state index contributed by atoms with van der Waals surface area (Å²) in [5.41, 5.74) is 2.43. The van der Waals surface area contributed by atoms with Crippen LogP contribution in [0.15, 0.2) is 48.9 Å². The normalized spacial score (nSPS) is 19.1. The summed E-state index contributed by atoms with van der Waals surface area (Å²) in [5, 5.41) is 11.0. The summed E-state index contributed by atoms with van der Waals surface area (Å²) in [6.45, 7) is 6.38. The zero-order valence-electron chi connectivity index (χ0n) is 20.9. The van der Waals surface area contributed by atoms with E-state index in [1.807, 2.05) is 6.20 Å². The molecular weight excluding hydrogens is 472 g/mol. The molecule has 6 rings (SSSR count). The van der Waals surface area contributed by atoms with Crippen molar-refractivity contribution >= 4 is 28.2 Å². The van der Waals surface area contributed by atoms with Crippen LogP contribution in [0.5, 0.6) is 0 Å². The Morgan fingerprint density at radius 2 is 1.84 bits per heavy atom. The number of anilines is 3. The number of aromatic nitrogens is 4.